The molecule has 0 bridgehead atoms. The smallest absolute Gasteiger partial charge is 0.335 e. The van der Waals surface area contributed by atoms with Crippen molar-refractivity contribution >= 4 is 29.5 Å². The first-order chi connectivity index (χ1) is 18.0. The first kappa shape index (κ1) is 32.0. The van der Waals surface area contributed by atoms with Crippen LogP contribution in [0.15, 0.2) is 66.7 Å². The highest BCUT2D eigenvalue weighted by atomic mass is 16.5. The van der Waals surface area contributed by atoms with Gasteiger partial charge in [0.25, 0.3) is 0 Å². The summed E-state index contributed by atoms with van der Waals surface area (Å²) in [6.45, 7) is 2.06. The standard InChI is InChI=1S/C16H21NO4.C11H13NO5/c1-12(17(2)11-16(19)21-4)14(10-15(18)20-3)13-8-6-5-7-9-13;12-8(10(13)14)9(11(15)16)17-6-7-4-2-1-3-5-7/h5-10,12H,11H2,1-4H3;1-5,8-9H,6,12H2,(H,13,14)(H,15,16)/b14-10+;/t;8-,9-/m.0/s1. The van der Waals surface area contributed by atoms with Crippen LogP contribution in [0.5, 0.6) is 0 Å². The number of benzene rings is 2. The molecule has 0 aromatic heterocycles. The molecule has 1 unspecified atom stereocenters. The third kappa shape index (κ3) is 10.9. The van der Waals surface area contributed by atoms with E-state index in [-0.39, 0.29) is 25.2 Å². The van der Waals surface area contributed by atoms with Crippen LogP contribution in [0, 0.1) is 0 Å². The van der Waals surface area contributed by atoms with Crippen molar-refractivity contribution in [1.29, 1.82) is 0 Å². The number of carbonyl (C=O) groups is 4. The van der Waals surface area contributed by atoms with Gasteiger partial charge in [0, 0.05) is 12.1 Å². The lowest BCUT2D eigenvalue weighted by molar-refractivity contribution is -0.159. The van der Waals surface area contributed by atoms with E-state index < -0.39 is 30.1 Å². The average molecular weight is 531 g/mol. The number of ether oxygens (including phenoxy) is 3. The van der Waals surface area contributed by atoms with E-state index in [4.69, 9.17) is 25.4 Å². The molecular weight excluding hydrogens is 496 g/mol. The van der Waals surface area contributed by atoms with Gasteiger partial charge in [-0.3, -0.25) is 14.5 Å². The molecule has 38 heavy (non-hydrogen) atoms. The third-order valence-electron chi connectivity index (χ3n) is 5.43. The first-order valence-corrected chi connectivity index (χ1v) is 11.5. The van der Waals surface area contributed by atoms with Crippen molar-refractivity contribution < 1.29 is 43.6 Å². The molecule has 0 heterocycles. The Morgan fingerprint density at radius 2 is 1.47 bits per heavy atom. The Morgan fingerprint density at radius 1 is 0.921 bits per heavy atom. The van der Waals surface area contributed by atoms with Crippen LogP contribution in [0.4, 0.5) is 0 Å². The lowest BCUT2D eigenvalue weighted by Crippen LogP contribution is -2.47. The molecule has 0 fully saturated rings. The molecule has 0 aliphatic heterocycles. The minimum atomic E-state index is -1.59. The van der Waals surface area contributed by atoms with Crippen LogP contribution in [0.3, 0.4) is 0 Å². The van der Waals surface area contributed by atoms with Gasteiger partial charge in [0.1, 0.15) is 6.04 Å². The molecule has 11 nitrogen and oxygen atoms in total. The van der Waals surface area contributed by atoms with Crippen molar-refractivity contribution in [3.63, 3.8) is 0 Å². The highest BCUT2D eigenvalue weighted by molar-refractivity contribution is 5.92. The normalized spacial score (nSPS) is 13.4. The van der Waals surface area contributed by atoms with Crippen molar-refractivity contribution in [2.45, 2.75) is 31.7 Å². The summed E-state index contributed by atoms with van der Waals surface area (Å²) < 4.78 is 14.4. The van der Waals surface area contributed by atoms with Gasteiger partial charge in [0.2, 0.25) is 0 Å². The fourth-order valence-electron chi connectivity index (χ4n) is 3.12. The van der Waals surface area contributed by atoms with Crippen molar-refractivity contribution in [2.75, 3.05) is 27.8 Å². The number of hydrogen-bond donors (Lipinski definition) is 3. The Bertz CT molecular complexity index is 1070. The zero-order valence-corrected chi connectivity index (χ0v) is 21.8. The number of carboxylic acid groups (broad SMARTS) is 2. The number of rotatable bonds is 12. The SMILES string of the molecule is COC(=O)/C=C(/c1ccccc1)C(C)N(C)CC(=O)OC.N[C@H](C(=O)O)[C@H](OCc1ccccc1)C(=O)O. The van der Waals surface area contributed by atoms with Crippen LogP contribution in [-0.2, 0) is 40.0 Å². The highest BCUT2D eigenvalue weighted by Gasteiger charge is 2.31. The molecule has 4 N–H and O–H groups in total. The lowest BCUT2D eigenvalue weighted by Gasteiger charge is -2.26. The Labute approximate surface area is 221 Å². The summed E-state index contributed by atoms with van der Waals surface area (Å²) in [6.07, 6.45) is -0.110. The van der Waals surface area contributed by atoms with E-state index in [1.54, 1.807) is 37.4 Å². The molecule has 206 valence electrons. The van der Waals surface area contributed by atoms with Crippen molar-refractivity contribution in [3.05, 3.63) is 77.9 Å². The van der Waals surface area contributed by atoms with Gasteiger partial charge in [0.15, 0.2) is 6.10 Å². The van der Waals surface area contributed by atoms with E-state index in [1.165, 1.54) is 20.3 Å². The second kappa shape index (κ2) is 16.6. The number of esters is 2. The topological polar surface area (TPSA) is 166 Å². The maximum absolute atomic E-state index is 11.6. The molecule has 0 radical (unpaired) electrons. The molecule has 0 amide bonds. The van der Waals surface area contributed by atoms with E-state index in [0.717, 1.165) is 16.7 Å². The van der Waals surface area contributed by atoms with Gasteiger partial charge in [-0.25, -0.2) is 9.59 Å². The maximum atomic E-state index is 11.6. The molecule has 2 aromatic carbocycles. The van der Waals surface area contributed by atoms with Gasteiger partial charge in [-0.1, -0.05) is 60.7 Å². The first-order valence-electron chi connectivity index (χ1n) is 11.5. The van der Waals surface area contributed by atoms with Crippen molar-refractivity contribution in [1.82, 2.24) is 4.90 Å². The van der Waals surface area contributed by atoms with Crippen LogP contribution < -0.4 is 5.73 Å². The molecule has 11 heteroatoms. The monoisotopic (exact) mass is 530 g/mol. The van der Waals surface area contributed by atoms with Gasteiger partial charge in [0.05, 0.1) is 27.4 Å². The summed E-state index contributed by atoms with van der Waals surface area (Å²) in [5.74, 6) is -3.55. The number of nitrogens with two attached hydrogens (primary N) is 1. The van der Waals surface area contributed by atoms with E-state index in [0.29, 0.717) is 0 Å². The van der Waals surface area contributed by atoms with E-state index >= 15 is 0 Å². The Balaban J connectivity index is 0.000000389. The van der Waals surface area contributed by atoms with E-state index in [2.05, 4.69) is 4.74 Å². The number of carboxylic acids is 2. The van der Waals surface area contributed by atoms with Gasteiger partial charge >= 0.3 is 23.9 Å². The average Bonchev–Trinajstić information content (AvgIpc) is 2.92. The van der Waals surface area contributed by atoms with E-state index in [1.807, 2.05) is 42.2 Å². The van der Waals surface area contributed by atoms with Gasteiger partial charge < -0.3 is 30.2 Å². The second-order valence-electron chi connectivity index (χ2n) is 8.08. The molecular formula is C27H34N2O9. The number of carbonyl (C=O) groups excluding carboxylic acids is 2. The number of aliphatic carboxylic acids is 2. The number of hydrogen-bond acceptors (Lipinski definition) is 9. The number of likely N-dealkylation sites (N-methyl/N-ethyl adjacent to an activating group) is 1. The van der Waals surface area contributed by atoms with Crippen molar-refractivity contribution in [2.24, 2.45) is 5.73 Å². The Morgan fingerprint density at radius 3 is 1.95 bits per heavy atom. The van der Waals surface area contributed by atoms with Crippen LogP contribution >= 0.6 is 0 Å². The Kier molecular flexibility index (Phi) is 14.0. The molecule has 0 saturated carbocycles. The van der Waals surface area contributed by atoms with Crippen LogP contribution in [0.1, 0.15) is 18.1 Å². The predicted octanol–water partition coefficient (Wildman–Crippen LogP) is 1.80. The third-order valence-corrected chi connectivity index (χ3v) is 5.43. The van der Waals surface area contributed by atoms with Crippen LogP contribution in [-0.4, -0.2) is 85.0 Å². The molecule has 0 aliphatic rings. The quantitative estimate of drug-likeness (QED) is 0.270. The molecule has 3 atom stereocenters. The zero-order chi connectivity index (χ0) is 28.7. The second-order valence-corrected chi connectivity index (χ2v) is 8.08. The summed E-state index contributed by atoms with van der Waals surface area (Å²) in [5.41, 5.74) is 7.66. The van der Waals surface area contributed by atoms with Crippen molar-refractivity contribution in [3.8, 4) is 0 Å². The zero-order valence-electron chi connectivity index (χ0n) is 21.8. The molecule has 0 aliphatic carbocycles. The number of nitrogens with zero attached hydrogens (tertiary/aromatic N) is 1. The van der Waals surface area contributed by atoms with Gasteiger partial charge in [-0.2, -0.15) is 0 Å². The predicted molar refractivity (Wildman–Crippen MR) is 139 cm³/mol. The van der Waals surface area contributed by atoms with Crippen LogP contribution in [0.2, 0.25) is 0 Å². The Hall–Kier alpha value is -4.06. The minimum absolute atomic E-state index is 0.00120. The number of methoxy groups -OCH3 is 2. The summed E-state index contributed by atoms with van der Waals surface area (Å²) in [6, 6.07) is 16.6. The van der Waals surface area contributed by atoms with E-state index in [9.17, 15) is 19.2 Å². The molecule has 2 aromatic rings. The summed E-state index contributed by atoms with van der Waals surface area (Å²) in [5, 5.41) is 17.4. The maximum Gasteiger partial charge on any atom is 0.335 e. The molecule has 0 saturated heterocycles. The minimum Gasteiger partial charge on any atom is -0.480 e. The summed E-state index contributed by atoms with van der Waals surface area (Å²) in [4.78, 5) is 46.2. The molecule has 2 rings (SSSR count). The largest absolute Gasteiger partial charge is 0.480 e. The fraction of sp³-hybridized carbons (Fsp3) is 0.333. The van der Waals surface area contributed by atoms with Gasteiger partial charge in [-0.15, -0.1) is 0 Å². The molecule has 0 spiro atoms. The highest BCUT2D eigenvalue weighted by Crippen LogP contribution is 2.21. The fourth-order valence-corrected chi connectivity index (χ4v) is 3.12. The summed E-state index contributed by atoms with van der Waals surface area (Å²) >= 11 is 0. The van der Waals surface area contributed by atoms with Gasteiger partial charge in [-0.05, 0) is 30.7 Å². The van der Waals surface area contributed by atoms with Crippen LogP contribution in [0.25, 0.3) is 5.57 Å². The lowest BCUT2D eigenvalue weighted by atomic mass is 9.98. The summed E-state index contributed by atoms with van der Waals surface area (Å²) in [7, 11) is 4.49.